The van der Waals surface area contributed by atoms with Crippen LogP contribution in [0, 0.1) is 11.2 Å². The van der Waals surface area contributed by atoms with Crippen molar-refractivity contribution in [3.8, 4) is 0 Å². The summed E-state index contributed by atoms with van der Waals surface area (Å²) in [5.41, 5.74) is 2.96. The Bertz CT molecular complexity index is 563. The van der Waals surface area contributed by atoms with Crippen molar-refractivity contribution in [1.82, 2.24) is 4.90 Å². The number of hydrogen-bond donors (Lipinski definition) is 1. The lowest BCUT2D eigenvalue weighted by Gasteiger charge is -2.16. The van der Waals surface area contributed by atoms with Gasteiger partial charge in [0.25, 0.3) is 0 Å². The van der Waals surface area contributed by atoms with Gasteiger partial charge in [-0.2, -0.15) is 11.3 Å². The van der Waals surface area contributed by atoms with Crippen molar-refractivity contribution in [3.05, 3.63) is 57.5 Å². The monoisotopic (exact) mass is 246 g/mol. The first kappa shape index (κ1) is 10.5. The van der Waals surface area contributed by atoms with Gasteiger partial charge in [-0.15, -0.1) is 0 Å². The van der Waals surface area contributed by atoms with E-state index in [9.17, 15) is 4.39 Å². The zero-order valence-corrected chi connectivity index (χ0v) is 9.93. The van der Waals surface area contributed by atoms with Crippen molar-refractivity contribution in [2.45, 2.75) is 13.1 Å². The lowest BCUT2D eigenvalue weighted by molar-refractivity contribution is 0.423. The minimum Gasteiger partial charge on any atom is -0.348 e. The predicted octanol–water partition coefficient (Wildman–Crippen LogP) is 3.23. The van der Waals surface area contributed by atoms with E-state index < -0.39 is 0 Å². The molecule has 86 valence electrons. The molecule has 0 aliphatic carbocycles. The molecule has 0 amide bonds. The SMILES string of the molecule is N=C1c2cc(F)ccc2CN1Cc1ccsc1. The summed E-state index contributed by atoms with van der Waals surface area (Å²) in [6, 6.07) is 6.74. The molecule has 2 nitrogen and oxygen atoms in total. The Morgan fingerprint density at radius 1 is 1.35 bits per heavy atom. The van der Waals surface area contributed by atoms with Crippen molar-refractivity contribution in [2.24, 2.45) is 0 Å². The maximum Gasteiger partial charge on any atom is 0.129 e. The highest BCUT2D eigenvalue weighted by Crippen LogP contribution is 2.25. The number of hydrogen-bond acceptors (Lipinski definition) is 2. The summed E-state index contributed by atoms with van der Waals surface area (Å²) in [5.74, 6) is 0.150. The summed E-state index contributed by atoms with van der Waals surface area (Å²) in [4.78, 5) is 1.96. The molecule has 0 radical (unpaired) electrons. The maximum atomic E-state index is 13.1. The molecule has 1 aromatic heterocycles. The second-order valence-corrected chi connectivity index (χ2v) is 4.92. The molecule has 2 aromatic rings. The third-order valence-corrected chi connectivity index (χ3v) is 3.69. The normalized spacial score (nSPS) is 14.2. The van der Waals surface area contributed by atoms with E-state index in [1.807, 2.05) is 10.3 Å². The summed E-state index contributed by atoms with van der Waals surface area (Å²) in [5, 5.41) is 12.2. The molecular weight excluding hydrogens is 235 g/mol. The number of rotatable bonds is 2. The van der Waals surface area contributed by atoms with Crippen LogP contribution in [0.2, 0.25) is 0 Å². The Labute approximate surface area is 103 Å². The zero-order chi connectivity index (χ0) is 11.8. The topological polar surface area (TPSA) is 27.1 Å². The van der Waals surface area contributed by atoms with Crippen molar-refractivity contribution in [3.63, 3.8) is 0 Å². The van der Waals surface area contributed by atoms with Gasteiger partial charge in [-0.1, -0.05) is 6.07 Å². The molecule has 0 spiro atoms. The Kier molecular flexibility index (Phi) is 2.44. The number of fused-ring (bicyclic) bond motifs is 1. The molecule has 1 N–H and O–H groups in total. The Morgan fingerprint density at radius 3 is 3.00 bits per heavy atom. The molecule has 0 fully saturated rings. The molecule has 2 heterocycles. The lowest BCUT2D eigenvalue weighted by atomic mass is 10.1. The van der Waals surface area contributed by atoms with Crippen LogP contribution in [0.25, 0.3) is 0 Å². The predicted molar refractivity (Wildman–Crippen MR) is 66.8 cm³/mol. The molecule has 0 saturated heterocycles. The molecule has 3 rings (SSSR count). The van der Waals surface area contributed by atoms with E-state index in [-0.39, 0.29) is 5.82 Å². The van der Waals surface area contributed by atoms with E-state index in [2.05, 4.69) is 11.4 Å². The van der Waals surface area contributed by atoms with E-state index in [1.165, 1.54) is 17.7 Å². The molecule has 1 aromatic carbocycles. The number of benzene rings is 1. The van der Waals surface area contributed by atoms with E-state index >= 15 is 0 Å². The standard InChI is InChI=1S/C13H11FN2S/c14-11-2-1-10-7-16(13(15)12(10)5-11)6-9-3-4-17-8-9/h1-5,8,15H,6-7H2. The van der Waals surface area contributed by atoms with E-state index in [1.54, 1.807) is 17.4 Å². The fraction of sp³-hybridized carbons (Fsp3) is 0.154. The summed E-state index contributed by atoms with van der Waals surface area (Å²) in [6.45, 7) is 1.42. The van der Waals surface area contributed by atoms with Crippen molar-refractivity contribution >= 4 is 17.2 Å². The number of halogens is 1. The van der Waals surface area contributed by atoms with Gasteiger partial charge in [0.15, 0.2) is 0 Å². The lowest BCUT2D eigenvalue weighted by Crippen LogP contribution is -2.22. The van der Waals surface area contributed by atoms with Gasteiger partial charge in [0.2, 0.25) is 0 Å². The van der Waals surface area contributed by atoms with Crippen LogP contribution in [-0.4, -0.2) is 10.7 Å². The Balaban J connectivity index is 1.86. The van der Waals surface area contributed by atoms with Gasteiger partial charge in [0.1, 0.15) is 11.7 Å². The van der Waals surface area contributed by atoms with Gasteiger partial charge >= 0.3 is 0 Å². The zero-order valence-electron chi connectivity index (χ0n) is 9.11. The molecule has 0 unspecified atom stereocenters. The van der Waals surface area contributed by atoms with Crippen LogP contribution >= 0.6 is 11.3 Å². The van der Waals surface area contributed by atoms with Gasteiger partial charge < -0.3 is 4.90 Å². The molecule has 0 bridgehead atoms. The molecule has 4 heteroatoms. The molecule has 1 aliphatic rings. The van der Waals surface area contributed by atoms with Gasteiger partial charge in [0.05, 0.1) is 0 Å². The highest BCUT2D eigenvalue weighted by atomic mass is 32.1. The number of nitrogens with one attached hydrogen (secondary N) is 1. The maximum absolute atomic E-state index is 13.1. The molecule has 0 saturated carbocycles. The van der Waals surface area contributed by atoms with Gasteiger partial charge in [-0.3, -0.25) is 5.41 Å². The first-order chi connectivity index (χ1) is 8.24. The summed E-state index contributed by atoms with van der Waals surface area (Å²) >= 11 is 1.65. The van der Waals surface area contributed by atoms with Crippen LogP contribution in [-0.2, 0) is 13.1 Å². The van der Waals surface area contributed by atoms with Crippen LogP contribution in [0.4, 0.5) is 4.39 Å². The summed E-state index contributed by atoms with van der Waals surface area (Å²) < 4.78 is 13.1. The molecule has 17 heavy (non-hydrogen) atoms. The number of thiophene rings is 1. The first-order valence-corrected chi connectivity index (χ1v) is 6.32. The molecule has 0 atom stereocenters. The van der Waals surface area contributed by atoms with Crippen LogP contribution in [0.3, 0.4) is 0 Å². The van der Waals surface area contributed by atoms with E-state index in [0.717, 1.165) is 17.7 Å². The first-order valence-electron chi connectivity index (χ1n) is 5.37. The Hall–Kier alpha value is -1.68. The minimum atomic E-state index is -0.272. The van der Waals surface area contributed by atoms with Crippen LogP contribution in [0.1, 0.15) is 16.7 Å². The van der Waals surface area contributed by atoms with Crippen molar-refractivity contribution in [2.75, 3.05) is 0 Å². The minimum absolute atomic E-state index is 0.272. The van der Waals surface area contributed by atoms with Gasteiger partial charge in [0, 0.05) is 18.7 Å². The summed E-state index contributed by atoms with van der Waals surface area (Å²) in [6.07, 6.45) is 0. The fourth-order valence-corrected chi connectivity index (χ4v) is 2.76. The van der Waals surface area contributed by atoms with Crippen LogP contribution in [0.15, 0.2) is 35.0 Å². The number of nitrogens with zero attached hydrogens (tertiary/aromatic N) is 1. The van der Waals surface area contributed by atoms with Gasteiger partial charge in [-0.05, 0) is 40.1 Å². The molecule has 1 aliphatic heterocycles. The van der Waals surface area contributed by atoms with Crippen molar-refractivity contribution < 1.29 is 4.39 Å². The quantitative estimate of drug-likeness (QED) is 0.865. The van der Waals surface area contributed by atoms with Crippen LogP contribution in [0.5, 0.6) is 0 Å². The Morgan fingerprint density at radius 2 is 2.24 bits per heavy atom. The molecular formula is C13H11FN2S. The highest BCUT2D eigenvalue weighted by molar-refractivity contribution is 7.07. The van der Waals surface area contributed by atoms with Gasteiger partial charge in [-0.25, -0.2) is 4.39 Å². The average molecular weight is 246 g/mol. The van der Waals surface area contributed by atoms with E-state index in [0.29, 0.717) is 12.4 Å². The smallest absolute Gasteiger partial charge is 0.129 e. The van der Waals surface area contributed by atoms with Crippen molar-refractivity contribution in [1.29, 1.82) is 5.41 Å². The third-order valence-electron chi connectivity index (χ3n) is 2.96. The number of amidine groups is 1. The second kappa shape index (κ2) is 3.96. The fourth-order valence-electron chi connectivity index (χ4n) is 2.10. The average Bonchev–Trinajstić information content (AvgIpc) is 2.91. The largest absolute Gasteiger partial charge is 0.348 e. The summed E-state index contributed by atoms with van der Waals surface area (Å²) in [7, 11) is 0. The van der Waals surface area contributed by atoms with E-state index in [4.69, 9.17) is 5.41 Å². The highest BCUT2D eigenvalue weighted by Gasteiger charge is 2.24. The third kappa shape index (κ3) is 1.85. The second-order valence-electron chi connectivity index (χ2n) is 4.14. The van der Waals surface area contributed by atoms with Crippen LogP contribution < -0.4 is 0 Å².